The minimum atomic E-state index is -4.88. The second kappa shape index (κ2) is 5.73. The van der Waals surface area contributed by atoms with Gasteiger partial charge in [-0.05, 0) is 17.7 Å². The number of carbonyl (C=O) groups is 1. The Morgan fingerprint density at radius 3 is 2.29 bits per heavy atom. The molecule has 1 rings (SSSR count). The summed E-state index contributed by atoms with van der Waals surface area (Å²) in [4.78, 5) is 10.8. The Morgan fingerprint density at radius 1 is 1.35 bits per heavy atom. The Labute approximate surface area is 109 Å². The van der Waals surface area contributed by atoms with Crippen molar-refractivity contribution in [3.05, 3.63) is 34.9 Å². The minimum Gasteiger partial charge on any atom is -0.341 e. The number of hydrogen-bond donors (Lipinski definition) is 1. The van der Waals surface area contributed by atoms with E-state index < -0.39 is 18.1 Å². The normalized spacial score (nSPS) is 13.2. The minimum absolute atomic E-state index is 0.177. The van der Waals surface area contributed by atoms with Crippen LogP contribution >= 0.6 is 27.5 Å². The molecule has 7 heteroatoms. The average molecular weight is 331 g/mol. The monoisotopic (exact) mass is 329 g/mol. The Morgan fingerprint density at radius 2 is 1.88 bits per heavy atom. The molecule has 0 fully saturated rings. The van der Waals surface area contributed by atoms with Crippen molar-refractivity contribution < 1.29 is 18.0 Å². The van der Waals surface area contributed by atoms with E-state index in [9.17, 15) is 18.0 Å². The van der Waals surface area contributed by atoms with Gasteiger partial charge in [0.05, 0.1) is 6.04 Å². The summed E-state index contributed by atoms with van der Waals surface area (Å²) in [6.07, 6.45) is -4.88. The van der Waals surface area contributed by atoms with Crippen LogP contribution in [0.2, 0.25) is 5.02 Å². The highest BCUT2D eigenvalue weighted by molar-refractivity contribution is 9.09. The fourth-order valence-electron chi connectivity index (χ4n) is 1.15. The summed E-state index contributed by atoms with van der Waals surface area (Å²) < 4.78 is 36.2. The van der Waals surface area contributed by atoms with Crippen LogP contribution in [0.4, 0.5) is 13.2 Å². The molecule has 1 amide bonds. The molecule has 0 saturated carbocycles. The van der Waals surface area contributed by atoms with Crippen LogP contribution < -0.4 is 5.32 Å². The average Bonchev–Trinajstić information content (AvgIpc) is 2.25. The topological polar surface area (TPSA) is 29.1 Å². The molecule has 1 unspecified atom stereocenters. The van der Waals surface area contributed by atoms with Gasteiger partial charge in [0.15, 0.2) is 0 Å². The maximum Gasteiger partial charge on any atom is 0.471 e. The van der Waals surface area contributed by atoms with E-state index in [1.54, 1.807) is 24.3 Å². The molecule has 1 aromatic rings. The van der Waals surface area contributed by atoms with Crippen LogP contribution in [0.3, 0.4) is 0 Å². The van der Waals surface area contributed by atoms with Crippen LogP contribution in [0.25, 0.3) is 0 Å². The maximum atomic E-state index is 12.1. The van der Waals surface area contributed by atoms with Crippen molar-refractivity contribution in [2.75, 3.05) is 5.33 Å². The van der Waals surface area contributed by atoms with Crippen molar-refractivity contribution >= 4 is 33.4 Å². The molecule has 0 bridgehead atoms. The zero-order chi connectivity index (χ0) is 13.1. The molecule has 0 aliphatic carbocycles. The summed E-state index contributed by atoms with van der Waals surface area (Å²) in [5.74, 6) is -1.96. The maximum absolute atomic E-state index is 12.1. The van der Waals surface area contributed by atoms with Gasteiger partial charge in [0.2, 0.25) is 0 Å². The third-order valence-electron chi connectivity index (χ3n) is 1.99. The van der Waals surface area contributed by atoms with Gasteiger partial charge in [-0.2, -0.15) is 13.2 Å². The first-order valence-corrected chi connectivity index (χ1v) is 6.03. The van der Waals surface area contributed by atoms with Gasteiger partial charge < -0.3 is 5.32 Å². The first-order valence-electron chi connectivity index (χ1n) is 4.53. The zero-order valence-corrected chi connectivity index (χ0v) is 10.7. The van der Waals surface area contributed by atoms with Crippen LogP contribution in [-0.2, 0) is 4.79 Å². The van der Waals surface area contributed by atoms with Gasteiger partial charge in [-0.3, -0.25) is 4.79 Å². The van der Waals surface area contributed by atoms with E-state index in [-0.39, 0.29) is 5.33 Å². The van der Waals surface area contributed by atoms with E-state index >= 15 is 0 Å². The zero-order valence-electron chi connectivity index (χ0n) is 8.39. The largest absolute Gasteiger partial charge is 0.471 e. The second-order valence-corrected chi connectivity index (χ2v) is 4.31. The van der Waals surface area contributed by atoms with E-state index in [0.717, 1.165) is 0 Å². The quantitative estimate of drug-likeness (QED) is 0.845. The predicted octanol–water partition coefficient (Wildman–Crippen LogP) is 3.45. The molecule has 0 aliphatic rings. The first-order chi connectivity index (χ1) is 7.84. The van der Waals surface area contributed by atoms with E-state index in [1.165, 1.54) is 0 Å². The molecule has 1 aromatic carbocycles. The Balaban J connectivity index is 2.79. The highest BCUT2D eigenvalue weighted by atomic mass is 79.9. The Kier molecular flexibility index (Phi) is 4.82. The van der Waals surface area contributed by atoms with E-state index in [1.807, 2.05) is 5.32 Å². The molecular weight excluding hydrogens is 322 g/mol. The highest BCUT2D eigenvalue weighted by Crippen LogP contribution is 2.21. The van der Waals surface area contributed by atoms with E-state index in [0.29, 0.717) is 10.6 Å². The Hall–Kier alpha value is -0.750. The molecule has 1 atom stereocenters. The van der Waals surface area contributed by atoms with Gasteiger partial charge in [-0.1, -0.05) is 39.7 Å². The number of amides is 1. The van der Waals surface area contributed by atoms with Crippen molar-refractivity contribution in [1.29, 1.82) is 0 Å². The second-order valence-electron chi connectivity index (χ2n) is 3.23. The summed E-state index contributed by atoms with van der Waals surface area (Å²) in [6, 6.07) is 5.47. The van der Waals surface area contributed by atoms with Crippen molar-refractivity contribution in [2.24, 2.45) is 0 Å². The molecule has 2 nitrogen and oxygen atoms in total. The summed E-state index contributed by atoms with van der Waals surface area (Å²) >= 11 is 8.71. The van der Waals surface area contributed by atoms with Gasteiger partial charge in [-0.15, -0.1) is 0 Å². The molecule has 1 N–H and O–H groups in total. The molecule has 0 spiro atoms. The lowest BCUT2D eigenvalue weighted by Gasteiger charge is -2.17. The lowest BCUT2D eigenvalue weighted by Crippen LogP contribution is -2.39. The molecule has 0 aromatic heterocycles. The first kappa shape index (κ1) is 14.3. The van der Waals surface area contributed by atoms with Crippen LogP contribution in [0.15, 0.2) is 24.3 Å². The van der Waals surface area contributed by atoms with Gasteiger partial charge in [0, 0.05) is 10.4 Å². The third kappa shape index (κ3) is 4.20. The molecule has 0 heterocycles. The Bertz CT molecular complexity index is 394. The van der Waals surface area contributed by atoms with Crippen molar-refractivity contribution in [1.82, 2.24) is 5.32 Å². The standard InChI is InChI=1S/C10H8BrClF3NO/c11-5-8(16-9(17)10(13,14)15)6-1-3-7(12)4-2-6/h1-4,8H,5H2,(H,16,17). The lowest BCUT2D eigenvalue weighted by atomic mass is 10.1. The van der Waals surface area contributed by atoms with Gasteiger partial charge in [0.1, 0.15) is 0 Å². The number of rotatable bonds is 3. The van der Waals surface area contributed by atoms with Crippen LogP contribution in [0, 0.1) is 0 Å². The van der Waals surface area contributed by atoms with Gasteiger partial charge >= 0.3 is 12.1 Å². The van der Waals surface area contributed by atoms with Crippen molar-refractivity contribution in [2.45, 2.75) is 12.2 Å². The summed E-state index contributed by atoms with van der Waals surface area (Å²) in [5.41, 5.74) is 0.545. The van der Waals surface area contributed by atoms with Gasteiger partial charge in [0.25, 0.3) is 0 Å². The SMILES string of the molecule is O=C(NC(CBr)c1ccc(Cl)cc1)C(F)(F)F. The lowest BCUT2D eigenvalue weighted by molar-refractivity contribution is -0.174. The van der Waals surface area contributed by atoms with Crippen LogP contribution in [-0.4, -0.2) is 17.4 Å². The highest BCUT2D eigenvalue weighted by Gasteiger charge is 2.39. The summed E-state index contributed by atoms with van der Waals surface area (Å²) in [6.45, 7) is 0. The summed E-state index contributed by atoms with van der Waals surface area (Å²) in [7, 11) is 0. The third-order valence-corrected chi connectivity index (χ3v) is 2.89. The molecule has 0 radical (unpaired) electrons. The smallest absolute Gasteiger partial charge is 0.341 e. The fraction of sp³-hybridized carbons (Fsp3) is 0.300. The number of halogens is 5. The van der Waals surface area contributed by atoms with Crippen LogP contribution in [0.1, 0.15) is 11.6 Å². The molecule has 94 valence electrons. The summed E-state index contributed by atoms with van der Waals surface area (Å²) in [5, 5.41) is 2.54. The molecule has 17 heavy (non-hydrogen) atoms. The number of benzene rings is 1. The predicted molar refractivity (Wildman–Crippen MR) is 62.2 cm³/mol. The van der Waals surface area contributed by atoms with Crippen molar-refractivity contribution in [3.8, 4) is 0 Å². The molecule has 0 saturated heterocycles. The molecule has 0 aliphatic heterocycles. The fourth-order valence-corrected chi connectivity index (χ4v) is 1.81. The van der Waals surface area contributed by atoms with E-state index in [4.69, 9.17) is 11.6 Å². The number of nitrogens with one attached hydrogen (secondary N) is 1. The molecular formula is C10H8BrClF3NO. The van der Waals surface area contributed by atoms with Crippen LogP contribution in [0.5, 0.6) is 0 Å². The number of alkyl halides is 4. The number of carbonyl (C=O) groups excluding carboxylic acids is 1. The number of hydrogen-bond acceptors (Lipinski definition) is 1. The van der Waals surface area contributed by atoms with E-state index in [2.05, 4.69) is 15.9 Å². The van der Waals surface area contributed by atoms with Gasteiger partial charge in [-0.25, -0.2) is 0 Å². The van der Waals surface area contributed by atoms with Crippen molar-refractivity contribution in [3.63, 3.8) is 0 Å².